The third-order valence-corrected chi connectivity index (χ3v) is 6.99. The number of carboxylic acid groups (broad SMARTS) is 1. The van der Waals surface area contributed by atoms with Crippen molar-refractivity contribution in [3.8, 4) is 0 Å². The topological polar surface area (TPSA) is 195 Å². The minimum absolute atomic E-state index is 0.0245. The fraction of sp³-hybridized carbons (Fsp3) is 0.179. The maximum atomic E-state index is 13.4. The molecular formula is C28H23N7O6. The zero-order valence-corrected chi connectivity index (χ0v) is 21.7. The fourth-order valence-corrected chi connectivity index (χ4v) is 5.04. The highest BCUT2D eigenvalue weighted by atomic mass is 16.4. The molecule has 1 atom stereocenters. The first-order valence-corrected chi connectivity index (χ1v) is 12.7. The zero-order valence-electron chi connectivity index (χ0n) is 21.7. The molecule has 13 nitrogen and oxygen atoms in total. The second kappa shape index (κ2) is 9.86. The van der Waals surface area contributed by atoms with Gasteiger partial charge in [0.15, 0.2) is 22.8 Å². The van der Waals surface area contributed by atoms with Crippen LogP contribution in [-0.2, 0) is 13.0 Å². The van der Waals surface area contributed by atoms with Crippen molar-refractivity contribution in [1.82, 2.24) is 30.0 Å². The summed E-state index contributed by atoms with van der Waals surface area (Å²) in [6, 6.07) is 11.1. The van der Waals surface area contributed by atoms with Crippen LogP contribution in [0.25, 0.3) is 16.7 Å². The Kier molecular flexibility index (Phi) is 6.18. The highest BCUT2D eigenvalue weighted by Gasteiger charge is 2.27. The van der Waals surface area contributed by atoms with E-state index in [2.05, 4.69) is 25.6 Å². The van der Waals surface area contributed by atoms with Crippen LogP contribution in [0.3, 0.4) is 0 Å². The molecule has 5 N–H and O–H groups in total. The molecule has 3 aromatic heterocycles. The van der Waals surface area contributed by atoms with E-state index in [1.54, 1.807) is 37.3 Å². The number of amides is 3. The highest BCUT2D eigenvalue weighted by Crippen LogP contribution is 2.32. The molecule has 0 saturated carbocycles. The van der Waals surface area contributed by atoms with Crippen LogP contribution in [0.15, 0.2) is 53.2 Å². The lowest BCUT2D eigenvalue weighted by Crippen LogP contribution is -2.30. The number of carboxylic acids is 1. The Bertz CT molecular complexity index is 1910. The summed E-state index contributed by atoms with van der Waals surface area (Å²) in [6.07, 6.45) is 2.40. The molecule has 6 rings (SSSR count). The number of carbonyl (C=O) groups is 4. The summed E-state index contributed by atoms with van der Waals surface area (Å²) < 4.78 is 6.79. The third-order valence-electron chi connectivity index (χ3n) is 6.99. The van der Waals surface area contributed by atoms with Gasteiger partial charge in [0.25, 0.3) is 17.7 Å². The average molecular weight is 554 g/mol. The van der Waals surface area contributed by atoms with Crippen molar-refractivity contribution >= 4 is 40.4 Å². The highest BCUT2D eigenvalue weighted by molar-refractivity contribution is 6.01. The molecule has 0 bridgehead atoms. The van der Waals surface area contributed by atoms with E-state index in [0.29, 0.717) is 29.8 Å². The SMILES string of the molecule is Cc1nc2cc(CNC(=O)c3cc(C(=O)N[C@H]4CCc5cc(C(=O)O)ccc54)nc4c(C(N)=O)ncn34)ccc2o1. The standard InChI is InChI=1S/C28H23N7O6/c1-13-32-19-8-14(2-7-22(19)41-13)11-30-27(38)21-10-20(33-25-23(24(29)36)31-12-35(21)25)26(37)34-18-6-4-15-9-16(28(39)40)3-5-17(15)18/h2-3,5,7-10,12,18H,4,6,11H2,1H3,(H2,29,36)(H,30,38)(H,34,37)(H,39,40)/t18-/m0/s1. The van der Waals surface area contributed by atoms with E-state index >= 15 is 0 Å². The van der Waals surface area contributed by atoms with Crippen molar-refractivity contribution in [2.45, 2.75) is 32.4 Å². The van der Waals surface area contributed by atoms with Gasteiger partial charge in [0.1, 0.15) is 23.2 Å². The predicted molar refractivity (Wildman–Crippen MR) is 143 cm³/mol. The number of benzene rings is 2. The van der Waals surface area contributed by atoms with E-state index in [0.717, 1.165) is 16.7 Å². The van der Waals surface area contributed by atoms with Gasteiger partial charge < -0.3 is 25.9 Å². The molecule has 13 heteroatoms. The molecule has 0 unspecified atom stereocenters. The first-order valence-electron chi connectivity index (χ1n) is 12.7. The van der Waals surface area contributed by atoms with Gasteiger partial charge in [0.05, 0.1) is 11.6 Å². The van der Waals surface area contributed by atoms with Crippen LogP contribution in [0.2, 0.25) is 0 Å². The number of aromatic carboxylic acids is 1. The minimum Gasteiger partial charge on any atom is -0.478 e. The van der Waals surface area contributed by atoms with Crippen molar-refractivity contribution in [1.29, 1.82) is 0 Å². The lowest BCUT2D eigenvalue weighted by molar-refractivity contribution is 0.0695. The quantitative estimate of drug-likeness (QED) is 0.234. The van der Waals surface area contributed by atoms with Crippen LogP contribution in [0.5, 0.6) is 0 Å². The van der Waals surface area contributed by atoms with Crippen LogP contribution in [0.1, 0.15) is 76.9 Å². The number of nitrogens with two attached hydrogens (primary N) is 1. The molecule has 0 radical (unpaired) electrons. The Labute approximate surface area is 231 Å². The van der Waals surface area contributed by atoms with Gasteiger partial charge in [-0.3, -0.25) is 18.8 Å². The normalized spacial score (nSPS) is 14.2. The summed E-state index contributed by atoms with van der Waals surface area (Å²) in [5.41, 5.74) is 9.05. The van der Waals surface area contributed by atoms with Gasteiger partial charge in [-0.15, -0.1) is 0 Å². The fourth-order valence-electron chi connectivity index (χ4n) is 5.04. The largest absolute Gasteiger partial charge is 0.478 e. The summed E-state index contributed by atoms with van der Waals surface area (Å²) in [6.45, 7) is 1.90. The lowest BCUT2D eigenvalue weighted by Gasteiger charge is -2.15. The van der Waals surface area contributed by atoms with Crippen molar-refractivity contribution in [3.63, 3.8) is 0 Å². The molecule has 206 valence electrons. The van der Waals surface area contributed by atoms with Crippen LogP contribution in [0, 0.1) is 6.92 Å². The number of hydrogen-bond acceptors (Lipinski definition) is 8. The van der Waals surface area contributed by atoms with E-state index in [1.165, 1.54) is 22.9 Å². The second-order valence-electron chi connectivity index (χ2n) is 9.68. The minimum atomic E-state index is -1.02. The van der Waals surface area contributed by atoms with E-state index in [1.807, 2.05) is 0 Å². The Balaban J connectivity index is 1.28. The van der Waals surface area contributed by atoms with Gasteiger partial charge in [-0.1, -0.05) is 12.1 Å². The summed E-state index contributed by atoms with van der Waals surface area (Å²) in [5, 5.41) is 15.0. The molecule has 5 aromatic rings. The Hall–Kier alpha value is -5.59. The maximum absolute atomic E-state index is 13.4. The number of fused-ring (bicyclic) bond motifs is 3. The van der Waals surface area contributed by atoms with Crippen molar-refractivity contribution in [2.24, 2.45) is 5.73 Å². The molecule has 3 heterocycles. The van der Waals surface area contributed by atoms with Gasteiger partial charge in [-0.2, -0.15) is 0 Å². The van der Waals surface area contributed by atoms with Crippen LogP contribution >= 0.6 is 0 Å². The zero-order chi connectivity index (χ0) is 28.8. The molecular weight excluding hydrogens is 530 g/mol. The number of imidazole rings is 1. The Morgan fingerprint density at radius 2 is 1.93 bits per heavy atom. The van der Waals surface area contributed by atoms with E-state index in [9.17, 15) is 24.3 Å². The summed E-state index contributed by atoms with van der Waals surface area (Å²) in [4.78, 5) is 62.6. The summed E-state index contributed by atoms with van der Waals surface area (Å²) in [7, 11) is 0. The first kappa shape index (κ1) is 25.7. The average Bonchev–Trinajstić information content (AvgIpc) is 3.66. The number of aromatic nitrogens is 4. The first-order chi connectivity index (χ1) is 19.7. The van der Waals surface area contributed by atoms with Crippen LogP contribution < -0.4 is 16.4 Å². The molecule has 0 aliphatic heterocycles. The van der Waals surface area contributed by atoms with E-state index in [4.69, 9.17) is 10.2 Å². The number of aryl methyl sites for hydroxylation is 2. The Morgan fingerprint density at radius 3 is 2.71 bits per heavy atom. The number of nitrogens with zero attached hydrogens (tertiary/aromatic N) is 4. The smallest absolute Gasteiger partial charge is 0.335 e. The lowest BCUT2D eigenvalue weighted by atomic mass is 10.0. The number of hydrogen-bond donors (Lipinski definition) is 4. The molecule has 1 aliphatic rings. The molecule has 41 heavy (non-hydrogen) atoms. The van der Waals surface area contributed by atoms with Gasteiger partial charge >= 0.3 is 5.97 Å². The molecule has 0 spiro atoms. The number of nitrogens with one attached hydrogen (secondary N) is 2. The van der Waals surface area contributed by atoms with Crippen molar-refractivity contribution in [3.05, 3.63) is 94.0 Å². The van der Waals surface area contributed by atoms with E-state index < -0.39 is 23.7 Å². The monoisotopic (exact) mass is 553 g/mol. The Morgan fingerprint density at radius 1 is 1.10 bits per heavy atom. The van der Waals surface area contributed by atoms with Crippen molar-refractivity contribution in [2.75, 3.05) is 0 Å². The van der Waals surface area contributed by atoms with Gasteiger partial charge in [-0.05, 0) is 59.9 Å². The predicted octanol–water partition coefficient (Wildman–Crippen LogP) is 2.32. The van der Waals surface area contributed by atoms with Crippen LogP contribution in [-0.4, -0.2) is 48.2 Å². The maximum Gasteiger partial charge on any atom is 0.335 e. The number of carbonyl (C=O) groups excluding carboxylic acids is 3. The number of rotatable bonds is 7. The molecule has 0 fully saturated rings. The van der Waals surface area contributed by atoms with Gasteiger partial charge in [-0.25, -0.2) is 19.7 Å². The third kappa shape index (κ3) is 4.73. The summed E-state index contributed by atoms with van der Waals surface area (Å²) >= 11 is 0. The molecule has 1 aliphatic carbocycles. The van der Waals surface area contributed by atoms with Crippen molar-refractivity contribution < 1.29 is 28.7 Å². The summed E-state index contributed by atoms with van der Waals surface area (Å²) in [5.74, 6) is -2.47. The number of primary amides is 1. The van der Waals surface area contributed by atoms with Crippen LogP contribution in [0.4, 0.5) is 0 Å². The molecule has 3 amide bonds. The number of oxazole rings is 1. The van der Waals surface area contributed by atoms with E-state index in [-0.39, 0.29) is 40.9 Å². The molecule has 0 saturated heterocycles. The second-order valence-corrected chi connectivity index (χ2v) is 9.68. The van der Waals surface area contributed by atoms with Gasteiger partial charge in [0, 0.05) is 13.5 Å². The molecule has 2 aromatic carbocycles. The van der Waals surface area contributed by atoms with Gasteiger partial charge in [0.2, 0.25) is 0 Å².